The first-order valence-electron chi connectivity index (χ1n) is 30.0. The lowest BCUT2D eigenvalue weighted by molar-refractivity contribution is -0.386. The highest BCUT2D eigenvalue weighted by Gasteiger charge is 2.63. The maximum absolute atomic E-state index is 17.5. The van der Waals surface area contributed by atoms with Crippen molar-refractivity contribution in [1.29, 1.82) is 5.26 Å². The van der Waals surface area contributed by atoms with Crippen LogP contribution in [0, 0.1) is 76.8 Å². The smallest absolute Gasteiger partial charge is 0.305 e. The minimum absolute atomic E-state index is 0.293. The zero-order valence-corrected chi connectivity index (χ0v) is 50.8. The summed E-state index contributed by atoms with van der Waals surface area (Å²) >= 11 is 0. The van der Waals surface area contributed by atoms with E-state index in [1.54, 1.807) is 9.80 Å². The molecule has 0 N–H and O–H groups in total. The summed E-state index contributed by atoms with van der Waals surface area (Å²) in [6, 6.07) is 68.6. The Bertz CT molecular complexity index is 4590. The average molecular weight is 1190 g/mol. The number of halogens is 4. The van der Waals surface area contributed by atoms with Crippen LogP contribution in [0.4, 0.5) is 91.5 Å². The number of para-hydroxylation sites is 2. The van der Waals surface area contributed by atoms with E-state index >= 15 is 17.6 Å². The Balaban J connectivity index is 1.18. The first-order chi connectivity index (χ1) is 43.3. The van der Waals surface area contributed by atoms with Gasteiger partial charge in [-0.05, 0) is 217 Å². The molecular weight excluding hydrogens is 1130 g/mol. The van der Waals surface area contributed by atoms with Gasteiger partial charge >= 0.3 is 5.69 Å². The minimum atomic E-state index is -4.49. The molecule has 442 valence electrons. The van der Waals surface area contributed by atoms with E-state index in [0.29, 0.717) is 51.2 Å². The lowest BCUT2D eigenvalue weighted by Gasteiger charge is -2.44. The van der Waals surface area contributed by atoms with Gasteiger partial charge in [-0.15, -0.1) is 0 Å². The van der Waals surface area contributed by atoms with Gasteiger partial charge in [-0.2, -0.15) is 5.26 Å². The third-order valence-corrected chi connectivity index (χ3v) is 18.3. The SMILES string of the molecule is Cc1cccc(C)c1-c1ccc2c(c1)N(c1ccccc1)c1cc(-c3c(C)cccc3C)ccc1N2c1c(C#N)c2c(c([N+](=O)[O-])c1N1c3ccc(-c4c(C)cccc4C)cc3N(c3ccccc3)c3cc(-c4c(C)cccc4C)ccc31)C(F)(F)CC2(F)F. The molecule has 0 atom stereocenters. The molecule has 0 saturated heterocycles. The number of rotatable bonds is 9. The number of nitro groups is 1. The van der Waals surface area contributed by atoms with Crippen molar-refractivity contribution < 1.29 is 22.5 Å². The molecule has 1 aliphatic carbocycles. The molecule has 0 aromatic heterocycles. The molecule has 11 aromatic rings. The fraction of sp³-hybridized carbons (Fsp3) is 0.141. The quantitative estimate of drug-likeness (QED) is 0.0809. The third kappa shape index (κ3) is 8.85. The molecule has 8 nitrogen and oxygen atoms in total. The Morgan fingerprint density at radius 2 is 0.667 bits per heavy atom. The van der Waals surface area contributed by atoms with Crippen LogP contribution >= 0.6 is 0 Å². The Kier molecular flexibility index (Phi) is 13.5. The number of hydrogen-bond donors (Lipinski definition) is 0. The zero-order valence-electron chi connectivity index (χ0n) is 50.8. The van der Waals surface area contributed by atoms with Crippen LogP contribution in [0.1, 0.15) is 67.6 Å². The van der Waals surface area contributed by atoms with Crippen LogP contribution in [0.25, 0.3) is 44.5 Å². The van der Waals surface area contributed by atoms with Crippen LogP contribution in [-0.2, 0) is 11.8 Å². The van der Waals surface area contributed by atoms with Crippen molar-refractivity contribution in [3.05, 3.63) is 278 Å². The van der Waals surface area contributed by atoms with Crippen molar-refractivity contribution in [1.82, 2.24) is 0 Å². The normalized spacial score (nSPS) is 14.1. The predicted molar refractivity (Wildman–Crippen MR) is 356 cm³/mol. The van der Waals surface area contributed by atoms with Crippen LogP contribution < -0.4 is 19.6 Å². The topological polar surface area (TPSA) is 79.9 Å². The first kappa shape index (κ1) is 57.0. The molecule has 11 aromatic carbocycles. The van der Waals surface area contributed by atoms with Gasteiger partial charge in [-0.1, -0.05) is 133 Å². The molecule has 0 bridgehead atoms. The summed E-state index contributed by atoms with van der Waals surface area (Å²) in [5.41, 5.74) is 13.8. The van der Waals surface area contributed by atoms with E-state index in [4.69, 9.17) is 0 Å². The molecule has 3 aliphatic rings. The van der Waals surface area contributed by atoms with Gasteiger partial charge in [0.05, 0.1) is 73.7 Å². The van der Waals surface area contributed by atoms with Crippen LogP contribution in [0.5, 0.6) is 0 Å². The van der Waals surface area contributed by atoms with Gasteiger partial charge in [-0.25, -0.2) is 17.6 Å². The Morgan fingerprint density at radius 1 is 0.378 bits per heavy atom. The highest BCUT2D eigenvalue weighted by Crippen LogP contribution is 2.68. The van der Waals surface area contributed by atoms with E-state index in [2.05, 4.69) is 15.9 Å². The van der Waals surface area contributed by atoms with Crippen LogP contribution in [-0.4, -0.2) is 4.92 Å². The molecule has 12 heteroatoms. The molecule has 0 saturated carbocycles. The molecule has 0 radical (unpaired) electrons. The second-order valence-electron chi connectivity index (χ2n) is 24.0. The van der Waals surface area contributed by atoms with E-state index in [0.717, 1.165) is 94.7 Å². The van der Waals surface area contributed by atoms with E-state index in [-0.39, 0.29) is 5.69 Å². The number of aryl methyl sites for hydroxylation is 8. The fourth-order valence-electron chi connectivity index (χ4n) is 14.6. The number of nitrogens with zero attached hydrogens (tertiary/aromatic N) is 6. The lowest BCUT2D eigenvalue weighted by Crippen LogP contribution is -2.30. The summed E-state index contributed by atoms with van der Waals surface area (Å²) in [6.45, 7) is 16.2. The summed E-state index contributed by atoms with van der Waals surface area (Å²) in [6.07, 6.45) is -2.09. The van der Waals surface area contributed by atoms with Gasteiger partial charge in [0.25, 0.3) is 11.8 Å². The number of hydrogen-bond acceptors (Lipinski definition) is 7. The predicted octanol–water partition coefficient (Wildman–Crippen LogP) is 22.7. The molecule has 90 heavy (non-hydrogen) atoms. The van der Waals surface area contributed by atoms with Gasteiger partial charge < -0.3 is 14.7 Å². The maximum atomic E-state index is 17.5. The molecule has 0 amide bonds. The van der Waals surface area contributed by atoms with Crippen molar-refractivity contribution in [3.8, 4) is 50.6 Å². The largest absolute Gasteiger partial charge is 0.306 e. The van der Waals surface area contributed by atoms with Crippen molar-refractivity contribution in [2.24, 2.45) is 0 Å². The zero-order chi connectivity index (χ0) is 62.8. The number of nitriles is 1. The molecule has 0 unspecified atom stereocenters. The van der Waals surface area contributed by atoms with Crippen molar-refractivity contribution in [2.75, 3.05) is 19.6 Å². The van der Waals surface area contributed by atoms with Gasteiger partial charge in [0.1, 0.15) is 11.6 Å². The molecule has 2 heterocycles. The standard InChI is InChI=1S/C78H60F4N6O2/c1-45-19-15-20-46(2)68(45)53-31-35-60-64(39-53)84(57-27-11-9-12-28-57)65-40-54(69-47(3)21-16-22-48(69)4)32-36-61(65)86(60)74-59(43-83)72-73(78(81,82)44-77(72,79)80)75(88(89)90)76(74)87-62-37-33-55(70-49(5)23-17-24-50(70)6)41-66(62)85(58-29-13-10-14-30-58)67-42-56(34-38-63(67)87)71-51(7)25-18-26-52(71)8/h9-42H,44H2,1-8H3. The highest BCUT2D eigenvalue weighted by atomic mass is 19.3. The summed E-state index contributed by atoms with van der Waals surface area (Å²) in [4.78, 5) is 21.2. The van der Waals surface area contributed by atoms with E-state index in [1.807, 2.05) is 262 Å². The summed E-state index contributed by atoms with van der Waals surface area (Å²) in [5, 5.41) is 26.9. The number of alkyl halides is 4. The number of benzene rings is 11. The molecule has 2 aliphatic heterocycles. The van der Waals surface area contributed by atoms with Crippen molar-refractivity contribution >= 4 is 73.9 Å². The molecule has 0 spiro atoms. The molecule has 0 fully saturated rings. The average Bonchev–Trinajstić information content (AvgIpc) is 1.24. The van der Waals surface area contributed by atoms with Crippen LogP contribution in [0.3, 0.4) is 0 Å². The summed E-state index contributed by atoms with van der Waals surface area (Å²) in [7, 11) is 0. The van der Waals surface area contributed by atoms with Crippen LogP contribution in [0.2, 0.25) is 0 Å². The summed E-state index contributed by atoms with van der Waals surface area (Å²) < 4.78 is 70.1. The Labute approximate surface area is 520 Å². The number of nitro benzene ring substituents is 1. The monoisotopic (exact) mass is 1190 g/mol. The van der Waals surface area contributed by atoms with Gasteiger partial charge in [0.2, 0.25) is 0 Å². The van der Waals surface area contributed by atoms with Gasteiger partial charge in [0.15, 0.2) is 5.69 Å². The second kappa shape index (κ2) is 21.2. The second-order valence-corrected chi connectivity index (χ2v) is 24.0. The Hall–Kier alpha value is -10.8. The fourth-order valence-corrected chi connectivity index (χ4v) is 14.6. The lowest BCUT2D eigenvalue weighted by atomic mass is 9.89. The highest BCUT2D eigenvalue weighted by molar-refractivity contribution is 6.13. The van der Waals surface area contributed by atoms with Gasteiger partial charge in [-0.3, -0.25) is 15.0 Å². The van der Waals surface area contributed by atoms with Crippen molar-refractivity contribution in [2.45, 2.75) is 73.7 Å². The Morgan fingerprint density at radius 3 is 0.956 bits per heavy atom. The number of anilines is 12. The number of fused-ring (bicyclic) bond motifs is 5. The third-order valence-electron chi connectivity index (χ3n) is 18.3. The summed E-state index contributed by atoms with van der Waals surface area (Å²) in [5.74, 6) is -8.90. The van der Waals surface area contributed by atoms with E-state index in [1.165, 1.54) is 0 Å². The molecule has 14 rings (SSSR count). The van der Waals surface area contributed by atoms with Gasteiger partial charge in [0, 0.05) is 11.4 Å². The minimum Gasteiger partial charge on any atom is -0.306 e. The van der Waals surface area contributed by atoms with Crippen LogP contribution in [0.15, 0.2) is 206 Å². The van der Waals surface area contributed by atoms with E-state index < -0.39 is 51.3 Å². The van der Waals surface area contributed by atoms with Crippen molar-refractivity contribution in [3.63, 3.8) is 0 Å². The van der Waals surface area contributed by atoms with E-state index in [9.17, 15) is 15.4 Å². The first-order valence-corrected chi connectivity index (χ1v) is 30.0. The molecular formula is C78H60F4N6O2. The maximum Gasteiger partial charge on any atom is 0.305 e.